The molecule has 0 aliphatic rings. The molecule has 0 aliphatic heterocycles. The lowest BCUT2D eigenvalue weighted by molar-refractivity contribution is 1.05. The predicted octanol–water partition coefficient (Wildman–Crippen LogP) is 6.95. The van der Waals surface area contributed by atoms with Gasteiger partial charge in [0.2, 0.25) is 0 Å². The van der Waals surface area contributed by atoms with Crippen LogP contribution in [-0.2, 0) is 0 Å². The summed E-state index contributed by atoms with van der Waals surface area (Å²) < 4.78 is 4.63. The first-order valence-electron chi connectivity index (χ1n) is 11.6. The summed E-state index contributed by atoms with van der Waals surface area (Å²) in [7, 11) is 0. The summed E-state index contributed by atoms with van der Waals surface area (Å²) in [6.07, 6.45) is 5.03. The summed E-state index contributed by atoms with van der Waals surface area (Å²) in [5, 5.41) is 3.63. The van der Waals surface area contributed by atoms with Gasteiger partial charge in [-0.25, -0.2) is 24.9 Å². The van der Waals surface area contributed by atoms with Crippen molar-refractivity contribution in [1.82, 2.24) is 29.5 Å². The van der Waals surface area contributed by atoms with E-state index in [1.165, 1.54) is 20.2 Å². The number of hydrogen-bond acceptors (Lipinski definition) is 6. The van der Waals surface area contributed by atoms with E-state index in [0.29, 0.717) is 17.1 Å². The van der Waals surface area contributed by atoms with Gasteiger partial charge in [0, 0.05) is 43.5 Å². The van der Waals surface area contributed by atoms with Crippen molar-refractivity contribution < 1.29 is 0 Å². The van der Waals surface area contributed by atoms with Gasteiger partial charge in [-0.05, 0) is 24.3 Å². The summed E-state index contributed by atoms with van der Waals surface area (Å²) in [6.45, 7) is 0. The van der Waals surface area contributed by atoms with E-state index in [1.807, 2.05) is 29.5 Å². The van der Waals surface area contributed by atoms with E-state index in [9.17, 15) is 0 Å². The number of nitrogens with zero attached hydrogens (tertiary/aromatic N) is 6. The standard InChI is InChI=1S/C29H16N6S/c1-2-6-17(7-3-1)20-11-13-22-26(33-20)25-21(12-10-19-18-8-4-5-9-23(18)36-27(19)25)35(22)24-16-32-28-29(34-24)31-15-14-30-28/h1-16H. The highest BCUT2D eigenvalue weighted by Gasteiger charge is 2.20. The third-order valence-corrected chi connectivity index (χ3v) is 7.80. The molecule has 0 radical (unpaired) electrons. The summed E-state index contributed by atoms with van der Waals surface area (Å²) in [5.41, 5.74) is 6.04. The van der Waals surface area contributed by atoms with Crippen LogP contribution >= 0.6 is 11.3 Å². The topological polar surface area (TPSA) is 69.4 Å². The van der Waals surface area contributed by atoms with Crippen LogP contribution in [0.1, 0.15) is 0 Å². The molecule has 0 spiro atoms. The molecule has 36 heavy (non-hydrogen) atoms. The van der Waals surface area contributed by atoms with Crippen molar-refractivity contribution in [2.45, 2.75) is 0 Å². The van der Waals surface area contributed by atoms with Crippen LogP contribution in [-0.4, -0.2) is 29.5 Å². The zero-order valence-electron chi connectivity index (χ0n) is 18.8. The number of thiophene rings is 1. The minimum absolute atomic E-state index is 0.516. The Morgan fingerprint density at radius 1 is 0.639 bits per heavy atom. The molecular formula is C29H16N6S. The van der Waals surface area contributed by atoms with E-state index >= 15 is 0 Å². The molecule has 0 aliphatic carbocycles. The molecule has 8 aromatic rings. The number of hydrogen-bond donors (Lipinski definition) is 0. The highest BCUT2D eigenvalue weighted by atomic mass is 32.1. The van der Waals surface area contributed by atoms with Gasteiger partial charge in [-0.3, -0.25) is 4.57 Å². The zero-order chi connectivity index (χ0) is 23.6. The molecule has 5 aromatic heterocycles. The second kappa shape index (κ2) is 7.37. The number of rotatable bonds is 2. The number of aromatic nitrogens is 6. The molecule has 0 unspecified atom stereocenters. The Labute approximate surface area is 208 Å². The van der Waals surface area contributed by atoms with E-state index in [1.54, 1.807) is 18.6 Å². The van der Waals surface area contributed by atoms with E-state index in [-0.39, 0.29) is 0 Å². The molecule has 0 N–H and O–H groups in total. The van der Waals surface area contributed by atoms with Crippen LogP contribution in [0.3, 0.4) is 0 Å². The molecule has 0 amide bonds. The summed E-state index contributed by atoms with van der Waals surface area (Å²) in [5.74, 6) is 0.692. The van der Waals surface area contributed by atoms with E-state index in [0.717, 1.165) is 33.2 Å². The first kappa shape index (κ1) is 19.5. The highest BCUT2D eigenvalue weighted by molar-refractivity contribution is 7.26. The third kappa shape index (κ3) is 2.74. The Balaban J connectivity index is 1.53. The quantitative estimate of drug-likeness (QED) is 0.268. The minimum atomic E-state index is 0.516. The number of pyridine rings is 1. The monoisotopic (exact) mass is 480 g/mol. The predicted molar refractivity (Wildman–Crippen MR) is 146 cm³/mol. The Kier molecular flexibility index (Phi) is 4.00. The van der Waals surface area contributed by atoms with Crippen molar-refractivity contribution in [1.29, 1.82) is 0 Å². The van der Waals surface area contributed by atoms with E-state index in [2.05, 4.69) is 80.2 Å². The fraction of sp³-hybridized carbons (Fsp3) is 0. The molecule has 0 saturated heterocycles. The molecule has 0 saturated carbocycles. The molecule has 5 heterocycles. The molecule has 168 valence electrons. The van der Waals surface area contributed by atoms with Crippen LogP contribution in [0.5, 0.6) is 0 Å². The van der Waals surface area contributed by atoms with E-state index < -0.39 is 0 Å². The molecular weight excluding hydrogens is 464 g/mol. The SMILES string of the molecule is c1ccc(-c2ccc3c(n2)c2c4sc5ccccc5c4ccc2n3-c2cnc3nccnc3n2)cc1. The average molecular weight is 481 g/mol. The highest BCUT2D eigenvalue weighted by Crippen LogP contribution is 2.42. The third-order valence-electron chi connectivity index (χ3n) is 6.60. The van der Waals surface area contributed by atoms with Gasteiger partial charge in [-0.1, -0.05) is 54.6 Å². The molecule has 0 bridgehead atoms. The minimum Gasteiger partial charge on any atom is -0.291 e. The Bertz CT molecular complexity index is 2110. The molecule has 7 heteroatoms. The normalized spacial score (nSPS) is 11.9. The van der Waals surface area contributed by atoms with Gasteiger partial charge >= 0.3 is 0 Å². The van der Waals surface area contributed by atoms with Gasteiger partial charge in [0.15, 0.2) is 17.1 Å². The fourth-order valence-electron chi connectivity index (χ4n) is 5.01. The van der Waals surface area contributed by atoms with Gasteiger partial charge in [0.1, 0.15) is 0 Å². The smallest absolute Gasteiger partial charge is 0.199 e. The first-order chi connectivity index (χ1) is 17.8. The van der Waals surface area contributed by atoms with Gasteiger partial charge in [0.05, 0.1) is 28.4 Å². The maximum atomic E-state index is 5.21. The Hall–Kier alpha value is -4.75. The Morgan fingerprint density at radius 3 is 2.36 bits per heavy atom. The van der Waals surface area contributed by atoms with Crippen molar-refractivity contribution in [2.75, 3.05) is 0 Å². The molecule has 0 atom stereocenters. The van der Waals surface area contributed by atoms with Crippen molar-refractivity contribution >= 4 is 64.7 Å². The maximum absolute atomic E-state index is 5.21. The molecule has 3 aromatic carbocycles. The zero-order valence-corrected chi connectivity index (χ0v) is 19.6. The summed E-state index contributed by atoms with van der Waals surface area (Å²) in [4.78, 5) is 23.2. The second-order valence-corrected chi connectivity index (χ2v) is 9.68. The Morgan fingerprint density at radius 2 is 1.44 bits per heavy atom. The molecule has 6 nitrogen and oxygen atoms in total. The summed E-state index contributed by atoms with van der Waals surface area (Å²) in [6, 6.07) is 27.4. The second-order valence-electron chi connectivity index (χ2n) is 8.63. The lowest BCUT2D eigenvalue weighted by atomic mass is 10.1. The van der Waals surface area contributed by atoms with Crippen LogP contribution in [0.4, 0.5) is 0 Å². The first-order valence-corrected chi connectivity index (χ1v) is 12.4. The van der Waals surface area contributed by atoms with Crippen LogP contribution in [0.2, 0.25) is 0 Å². The molecule has 0 fully saturated rings. The number of benzene rings is 3. The fourth-order valence-corrected chi connectivity index (χ4v) is 6.26. The lowest BCUT2D eigenvalue weighted by Crippen LogP contribution is -2.01. The molecule has 8 rings (SSSR count). The van der Waals surface area contributed by atoms with Gasteiger partial charge in [-0.15, -0.1) is 11.3 Å². The van der Waals surface area contributed by atoms with E-state index in [4.69, 9.17) is 9.97 Å². The van der Waals surface area contributed by atoms with Crippen molar-refractivity contribution in [3.8, 4) is 17.1 Å². The lowest BCUT2D eigenvalue weighted by Gasteiger charge is -2.07. The van der Waals surface area contributed by atoms with Gasteiger partial charge in [-0.2, -0.15) is 0 Å². The maximum Gasteiger partial charge on any atom is 0.199 e. The largest absolute Gasteiger partial charge is 0.291 e. The van der Waals surface area contributed by atoms with Crippen LogP contribution in [0, 0.1) is 0 Å². The summed E-state index contributed by atoms with van der Waals surface area (Å²) >= 11 is 1.81. The van der Waals surface area contributed by atoms with Crippen LogP contribution < -0.4 is 0 Å². The van der Waals surface area contributed by atoms with Crippen molar-refractivity contribution in [2.24, 2.45) is 0 Å². The van der Waals surface area contributed by atoms with Gasteiger partial charge < -0.3 is 0 Å². The van der Waals surface area contributed by atoms with Crippen LogP contribution in [0.15, 0.2) is 97.5 Å². The van der Waals surface area contributed by atoms with Gasteiger partial charge in [0.25, 0.3) is 0 Å². The average Bonchev–Trinajstić information content (AvgIpc) is 3.48. The number of fused-ring (bicyclic) bond motifs is 8. The van der Waals surface area contributed by atoms with Crippen molar-refractivity contribution in [3.05, 3.63) is 97.5 Å². The van der Waals surface area contributed by atoms with Crippen LogP contribution in [0.25, 0.3) is 70.5 Å². The van der Waals surface area contributed by atoms with Crippen molar-refractivity contribution in [3.63, 3.8) is 0 Å².